The summed E-state index contributed by atoms with van der Waals surface area (Å²) in [4.78, 5) is 4.54. The lowest BCUT2D eigenvalue weighted by molar-refractivity contribution is 0.518. The first-order valence-electron chi connectivity index (χ1n) is 8.97. The molecule has 27 heavy (non-hydrogen) atoms. The average molecular weight is 383 g/mol. The lowest BCUT2D eigenvalue weighted by Gasteiger charge is -2.17. The molecule has 0 aliphatic heterocycles. The Labute approximate surface area is 158 Å². The Hall–Kier alpha value is -2.80. The van der Waals surface area contributed by atoms with Crippen molar-refractivity contribution in [1.29, 1.82) is 0 Å². The number of fused-ring (bicyclic) bond motifs is 1. The fraction of sp³-hybridized carbons (Fsp3) is 0.250. The third kappa shape index (κ3) is 4.14. The van der Waals surface area contributed by atoms with E-state index in [1.54, 1.807) is 30.5 Å². The van der Waals surface area contributed by atoms with Crippen LogP contribution in [0.1, 0.15) is 29.7 Å². The number of aromatic nitrogens is 1. The number of aryl methyl sites for hydroxylation is 2. The lowest BCUT2D eigenvalue weighted by Crippen LogP contribution is -2.14. The number of benzene rings is 1. The molecule has 1 aromatic carbocycles. The Morgan fingerprint density at radius 2 is 1.89 bits per heavy atom. The van der Waals surface area contributed by atoms with E-state index in [1.165, 1.54) is 18.2 Å². The van der Waals surface area contributed by atoms with E-state index in [1.807, 2.05) is 18.2 Å². The van der Waals surface area contributed by atoms with Gasteiger partial charge in [-0.3, -0.25) is 4.72 Å². The van der Waals surface area contributed by atoms with E-state index >= 15 is 0 Å². The Balaban J connectivity index is 1.44. The maximum absolute atomic E-state index is 12.7. The van der Waals surface area contributed by atoms with Crippen molar-refractivity contribution in [1.82, 2.24) is 4.98 Å². The van der Waals surface area contributed by atoms with E-state index in [4.69, 9.17) is 4.42 Å². The normalized spacial score (nSPS) is 13.8. The molecule has 3 aromatic rings. The van der Waals surface area contributed by atoms with Crippen LogP contribution in [0.25, 0.3) is 0 Å². The van der Waals surface area contributed by atoms with Gasteiger partial charge in [0.05, 0.1) is 29.6 Å². The molecule has 0 saturated carbocycles. The van der Waals surface area contributed by atoms with Gasteiger partial charge in [0.2, 0.25) is 0 Å². The van der Waals surface area contributed by atoms with Crippen LogP contribution in [-0.2, 0) is 29.4 Å². The molecule has 2 aromatic heterocycles. The largest absolute Gasteiger partial charge is 0.467 e. The number of rotatable bonds is 6. The highest BCUT2D eigenvalue weighted by Crippen LogP contribution is 2.25. The molecule has 0 radical (unpaired) electrons. The smallest absolute Gasteiger partial charge is 0.261 e. The van der Waals surface area contributed by atoms with E-state index in [0.717, 1.165) is 30.6 Å². The molecule has 4 rings (SSSR count). The number of pyridine rings is 1. The monoisotopic (exact) mass is 383 g/mol. The van der Waals surface area contributed by atoms with Crippen molar-refractivity contribution in [2.75, 3.05) is 10.0 Å². The fourth-order valence-corrected chi connectivity index (χ4v) is 4.33. The van der Waals surface area contributed by atoms with E-state index in [0.29, 0.717) is 22.9 Å². The number of sulfonamides is 1. The highest BCUT2D eigenvalue weighted by molar-refractivity contribution is 7.92. The molecule has 0 fully saturated rings. The quantitative estimate of drug-likeness (QED) is 0.673. The number of anilines is 2. The van der Waals surface area contributed by atoms with Crippen molar-refractivity contribution in [3.8, 4) is 0 Å². The van der Waals surface area contributed by atoms with E-state index < -0.39 is 10.0 Å². The molecular weight excluding hydrogens is 362 g/mol. The first-order valence-corrected chi connectivity index (χ1v) is 10.5. The van der Waals surface area contributed by atoms with Crippen molar-refractivity contribution in [2.24, 2.45) is 0 Å². The van der Waals surface area contributed by atoms with Crippen LogP contribution >= 0.6 is 0 Å². The van der Waals surface area contributed by atoms with Gasteiger partial charge in [-0.1, -0.05) is 6.07 Å². The lowest BCUT2D eigenvalue weighted by atomic mass is 9.92. The van der Waals surface area contributed by atoms with Gasteiger partial charge >= 0.3 is 0 Å². The summed E-state index contributed by atoms with van der Waals surface area (Å²) in [5.41, 5.74) is 2.82. The van der Waals surface area contributed by atoms with Crippen LogP contribution in [-0.4, -0.2) is 13.4 Å². The third-order valence-corrected chi connectivity index (χ3v) is 6.05. The summed E-state index contributed by atoms with van der Waals surface area (Å²) >= 11 is 0. The molecular formula is C20H21N3O3S. The summed E-state index contributed by atoms with van der Waals surface area (Å²) in [6, 6.07) is 12.5. The van der Waals surface area contributed by atoms with Crippen LogP contribution in [0.15, 0.2) is 64.2 Å². The number of furan rings is 1. The Bertz CT molecular complexity index is 1010. The Morgan fingerprint density at radius 3 is 2.63 bits per heavy atom. The standard InChI is InChI=1S/C20H21N3O3S/c24-27(25,19-9-7-15-4-1-2-5-16(15)12-19)23-17-8-10-20(21-13-17)22-14-18-6-3-11-26-18/h3,6-13,23H,1-2,4-5,14H2,(H,21,22). The van der Waals surface area contributed by atoms with Gasteiger partial charge in [-0.2, -0.15) is 0 Å². The minimum Gasteiger partial charge on any atom is -0.467 e. The zero-order chi connectivity index (χ0) is 18.7. The molecule has 0 atom stereocenters. The van der Waals surface area contributed by atoms with Crippen LogP contribution < -0.4 is 10.0 Å². The van der Waals surface area contributed by atoms with Gasteiger partial charge in [0.1, 0.15) is 11.6 Å². The summed E-state index contributed by atoms with van der Waals surface area (Å²) in [6.07, 6.45) is 7.36. The maximum atomic E-state index is 12.7. The number of nitrogens with zero attached hydrogens (tertiary/aromatic N) is 1. The van der Waals surface area contributed by atoms with Gasteiger partial charge in [0, 0.05) is 0 Å². The summed E-state index contributed by atoms with van der Waals surface area (Å²) in [7, 11) is -3.63. The van der Waals surface area contributed by atoms with Crippen molar-refractivity contribution in [3.05, 3.63) is 71.8 Å². The molecule has 0 spiro atoms. The van der Waals surface area contributed by atoms with Gasteiger partial charge < -0.3 is 9.73 Å². The van der Waals surface area contributed by atoms with Crippen molar-refractivity contribution in [2.45, 2.75) is 37.1 Å². The zero-order valence-electron chi connectivity index (χ0n) is 14.8. The van der Waals surface area contributed by atoms with Crippen molar-refractivity contribution < 1.29 is 12.8 Å². The topological polar surface area (TPSA) is 84.2 Å². The molecule has 2 heterocycles. The molecule has 1 aliphatic carbocycles. The summed E-state index contributed by atoms with van der Waals surface area (Å²) < 4.78 is 33.2. The summed E-state index contributed by atoms with van der Waals surface area (Å²) in [5, 5.41) is 3.12. The first kappa shape index (κ1) is 17.6. The minimum atomic E-state index is -3.63. The van der Waals surface area contributed by atoms with E-state index in [-0.39, 0.29) is 0 Å². The summed E-state index contributed by atoms with van der Waals surface area (Å²) in [6.45, 7) is 0.514. The molecule has 0 bridgehead atoms. The van der Waals surface area contributed by atoms with E-state index in [2.05, 4.69) is 15.0 Å². The van der Waals surface area contributed by atoms with Gasteiger partial charge in [-0.15, -0.1) is 0 Å². The highest BCUT2D eigenvalue weighted by atomic mass is 32.2. The molecule has 7 heteroatoms. The third-order valence-electron chi connectivity index (χ3n) is 4.67. The van der Waals surface area contributed by atoms with Crippen molar-refractivity contribution >= 4 is 21.5 Å². The number of hydrogen-bond acceptors (Lipinski definition) is 5. The summed E-state index contributed by atoms with van der Waals surface area (Å²) in [5.74, 6) is 1.44. The van der Waals surface area contributed by atoms with Crippen LogP contribution in [0.4, 0.5) is 11.5 Å². The Kier molecular flexibility index (Phi) is 4.85. The highest BCUT2D eigenvalue weighted by Gasteiger charge is 2.18. The maximum Gasteiger partial charge on any atom is 0.261 e. The SMILES string of the molecule is O=S(=O)(Nc1ccc(NCc2ccco2)nc1)c1ccc2c(c1)CCCC2. The Morgan fingerprint density at radius 1 is 1.04 bits per heavy atom. The molecule has 2 N–H and O–H groups in total. The van der Waals surface area contributed by atoms with Crippen LogP contribution in [0.5, 0.6) is 0 Å². The van der Waals surface area contributed by atoms with Gasteiger partial charge in [0.15, 0.2) is 0 Å². The van der Waals surface area contributed by atoms with Gasteiger partial charge in [-0.05, 0) is 73.2 Å². The predicted molar refractivity (Wildman–Crippen MR) is 104 cm³/mol. The first-order chi connectivity index (χ1) is 13.1. The fourth-order valence-electron chi connectivity index (χ4n) is 3.24. The molecule has 0 amide bonds. The zero-order valence-corrected chi connectivity index (χ0v) is 15.6. The molecule has 0 unspecified atom stereocenters. The second-order valence-corrected chi connectivity index (χ2v) is 8.29. The molecule has 140 valence electrons. The minimum absolute atomic E-state index is 0.295. The molecule has 0 saturated heterocycles. The molecule has 1 aliphatic rings. The van der Waals surface area contributed by atoms with Crippen LogP contribution in [0, 0.1) is 0 Å². The average Bonchev–Trinajstić information content (AvgIpc) is 3.20. The predicted octanol–water partition coefficient (Wildman–Crippen LogP) is 3.97. The van der Waals surface area contributed by atoms with E-state index in [9.17, 15) is 8.42 Å². The van der Waals surface area contributed by atoms with Crippen molar-refractivity contribution in [3.63, 3.8) is 0 Å². The van der Waals surface area contributed by atoms with Crippen LogP contribution in [0.2, 0.25) is 0 Å². The van der Waals surface area contributed by atoms with Gasteiger partial charge in [0.25, 0.3) is 10.0 Å². The number of nitrogens with one attached hydrogen (secondary N) is 2. The van der Waals surface area contributed by atoms with Crippen LogP contribution in [0.3, 0.4) is 0 Å². The second kappa shape index (κ2) is 7.44. The number of hydrogen-bond donors (Lipinski definition) is 2. The van der Waals surface area contributed by atoms with Gasteiger partial charge in [-0.25, -0.2) is 13.4 Å². The molecule has 6 nitrogen and oxygen atoms in total. The second-order valence-electron chi connectivity index (χ2n) is 6.61.